The first-order chi connectivity index (χ1) is 17.1. The molecule has 208 valence electrons. The molecule has 0 saturated heterocycles. The number of benzene rings is 1. The molecule has 0 fully saturated rings. The second-order valence-electron chi connectivity index (χ2n) is 10.6. The summed E-state index contributed by atoms with van der Waals surface area (Å²) in [6.07, 6.45) is 1.44. The van der Waals surface area contributed by atoms with E-state index in [1.807, 2.05) is 20.8 Å². The van der Waals surface area contributed by atoms with Gasteiger partial charge in [-0.1, -0.05) is 40.7 Å². The van der Waals surface area contributed by atoms with Crippen LogP contribution in [-0.4, -0.2) is 40.8 Å². The van der Waals surface area contributed by atoms with Gasteiger partial charge in [0.1, 0.15) is 0 Å². The van der Waals surface area contributed by atoms with E-state index in [2.05, 4.69) is 5.32 Å². The highest BCUT2D eigenvalue weighted by Crippen LogP contribution is 2.33. The van der Waals surface area contributed by atoms with Crippen molar-refractivity contribution in [1.29, 1.82) is 0 Å². The Hall–Kier alpha value is -2.94. The average molecular weight is 522 g/mol. The predicted octanol–water partition coefficient (Wildman–Crippen LogP) is 4.89. The van der Waals surface area contributed by atoms with Crippen molar-refractivity contribution in [2.24, 2.45) is 17.3 Å². The van der Waals surface area contributed by atoms with E-state index in [-0.39, 0.29) is 29.9 Å². The highest BCUT2D eigenvalue weighted by atomic mass is 16.6. The summed E-state index contributed by atoms with van der Waals surface area (Å²) in [6.45, 7) is 15.7. The second-order valence-corrected chi connectivity index (χ2v) is 10.6. The van der Waals surface area contributed by atoms with Gasteiger partial charge >= 0.3 is 23.9 Å². The van der Waals surface area contributed by atoms with E-state index in [4.69, 9.17) is 14.2 Å². The monoisotopic (exact) mass is 521 g/mol. The summed E-state index contributed by atoms with van der Waals surface area (Å²) in [7, 11) is 0. The Morgan fingerprint density at radius 3 is 1.81 bits per heavy atom. The van der Waals surface area contributed by atoms with E-state index in [1.54, 1.807) is 47.6 Å². The minimum absolute atomic E-state index is 0.00979. The van der Waals surface area contributed by atoms with E-state index in [0.717, 1.165) is 0 Å². The summed E-state index contributed by atoms with van der Waals surface area (Å²) in [5, 5.41) is 13.2. The SMILES string of the molecule is CCC(C)N[C@@](Cc1ccc(OC(=O)C(C)CC)c(OC(=O)C(C)CC)c1)(OC(=O)C(C)(C)C)C(=O)O. The lowest BCUT2D eigenvalue weighted by atomic mass is 9.95. The standard InChI is InChI=1S/C28H43NO8/c1-10-17(4)23(30)35-21-14-13-20(15-22(21)36-24(31)18(5)11-2)16-28(25(32)33,29-19(6)12-3)37-26(34)27(7,8)9/h13-15,17-19,29H,10-12,16H2,1-9H3,(H,32,33)/t17?,18?,19?,28-/m0/s1. The van der Waals surface area contributed by atoms with Crippen LogP contribution in [0, 0.1) is 17.3 Å². The third-order valence-electron chi connectivity index (χ3n) is 6.23. The van der Waals surface area contributed by atoms with Gasteiger partial charge in [-0.05, 0) is 64.7 Å². The first-order valence-corrected chi connectivity index (χ1v) is 12.9. The molecular weight excluding hydrogens is 478 g/mol. The van der Waals surface area contributed by atoms with Gasteiger partial charge < -0.3 is 19.3 Å². The Morgan fingerprint density at radius 2 is 1.38 bits per heavy atom. The number of hydrogen-bond acceptors (Lipinski definition) is 8. The zero-order chi connectivity index (χ0) is 28.6. The fourth-order valence-electron chi connectivity index (χ4n) is 2.97. The van der Waals surface area contributed by atoms with Gasteiger partial charge in [-0.25, -0.2) is 4.79 Å². The molecule has 2 N–H and O–H groups in total. The second kappa shape index (κ2) is 13.6. The number of aliphatic carboxylic acids is 1. The zero-order valence-electron chi connectivity index (χ0n) is 23.6. The van der Waals surface area contributed by atoms with Crippen LogP contribution in [-0.2, 0) is 30.3 Å². The molecule has 0 bridgehead atoms. The fraction of sp³-hybridized carbons (Fsp3) is 0.643. The number of carbonyl (C=O) groups excluding carboxylic acids is 3. The van der Waals surface area contributed by atoms with Crippen LogP contribution in [0.25, 0.3) is 0 Å². The Labute approximate surface area is 220 Å². The van der Waals surface area contributed by atoms with Gasteiger partial charge in [0.05, 0.1) is 17.3 Å². The van der Waals surface area contributed by atoms with Crippen LogP contribution in [0.3, 0.4) is 0 Å². The number of ether oxygens (including phenoxy) is 3. The molecule has 1 aromatic carbocycles. The van der Waals surface area contributed by atoms with Crippen LogP contribution >= 0.6 is 0 Å². The van der Waals surface area contributed by atoms with Gasteiger partial charge in [0.25, 0.3) is 5.72 Å². The van der Waals surface area contributed by atoms with E-state index < -0.39 is 40.9 Å². The molecule has 0 radical (unpaired) electrons. The first kappa shape index (κ1) is 32.1. The van der Waals surface area contributed by atoms with Crippen molar-refractivity contribution in [3.05, 3.63) is 23.8 Å². The van der Waals surface area contributed by atoms with Crippen molar-refractivity contribution >= 4 is 23.9 Å². The van der Waals surface area contributed by atoms with Crippen molar-refractivity contribution in [2.45, 2.75) is 99.8 Å². The molecule has 0 aromatic heterocycles. The summed E-state index contributed by atoms with van der Waals surface area (Å²) < 4.78 is 16.7. The quantitative estimate of drug-likeness (QED) is 0.212. The maximum Gasteiger partial charge on any atom is 0.364 e. The number of carboxylic acid groups (broad SMARTS) is 1. The maximum atomic E-state index is 12.8. The number of nitrogens with one attached hydrogen (secondary N) is 1. The lowest BCUT2D eigenvalue weighted by Gasteiger charge is -2.35. The Bertz CT molecular complexity index is 967. The van der Waals surface area contributed by atoms with Crippen LogP contribution in [0.15, 0.2) is 18.2 Å². The first-order valence-electron chi connectivity index (χ1n) is 12.9. The summed E-state index contributed by atoms with van der Waals surface area (Å²) >= 11 is 0. The molecule has 37 heavy (non-hydrogen) atoms. The lowest BCUT2D eigenvalue weighted by Crippen LogP contribution is -2.60. The van der Waals surface area contributed by atoms with E-state index in [9.17, 15) is 24.3 Å². The smallest absolute Gasteiger partial charge is 0.364 e. The third kappa shape index (κ3) is 9.14. The van der Waals surface area contributed by atoms with Crippen LogP contribution in [0.1, 0.15) is 87.1 Å². The largest absolute Gasteiger partial charge is 0.477 e. The van der Waals surface area contributed by atoms with Crippen molar-refractivity contribution in [3.63, 3.8) is 0 Å². The number of hydrogen-bond donors (Lipinski definition) is 2. The van der Waals surface area contributed by atoms with E-state index in [1.165, 1.54) is 12.1 Å². The molecule has 0 aliphatic carbocycles. The minimum atomic E-state index is -2.08. The van der Waals surface area contributed by atoms with Gasteiger partial charge in [0.15, 0.2) is 11.5 Å². The van der Waals surface area contributed by atoms with Gasteiger partial charge in [-0.2, -0.15) is 0 Å². The van der Waals surface area contributed by atoms with Gasteiger partial charge in [-0.15, -0.1) is 0 Å². The van der Waals surface area contributed by atoms with E-state index >= 15 is 0 Å². The van der Waals surface area contributed by atoms with Crippen LogP contribution in [0.5, 0.6) is 11.5 Å². The van der Waals surface area contributed by atoms with Crippen molar-refractivity contribution in [1.82, 2.24) is 5.32 Å². The van der Waals surface area contributed by atoms with Gasteiger partial charge in [0, 0.05) is 12.5 Å². The van der Waals surface area contributed by atoms with Crippen LogP contribution in [0.4, 0.5) is 0 Å². The number of rotatable bonds is 13. The summed E-state index contributed by atoms with van der Waals surface area (Å²) in [5.74, 6) is -3.77. The molecule has 0 heterocycles. The van der Waals surface area contributed by atoms with Gasteiger partial charge in [-0.3, -0.25) is 19.7 Å². The highest BCUT2D eigenvalue weighted by Gasteiger charge is 2.46. The fourth-order valence-corrected chi connectivity index (χ4v) is 2.97. The van der Waals surface area contributed by atoms with Gasteiger partial charge in [0.2, 0.25) is 0 Å². The molecular formula is C28H43NO8. The van der Waals surface area contributed by atoms with Crippen LogP contribution in [0.2, 0.25) is 0 Å². The van der Waals surface area contributed by atoms with Crippen LogP contribution < -0.4 is 14.8 Å². The Kier molecular flexibility index (Phi) is 11.8. The predicted molar refractivity (Wildman–Crippen MR) is 139 cm³/mol. The molecule has 0 amide bonds. The number of carbonyl (C=O) groups is 4. The normalized spacial score (nSPS) is 15.6. The molecule has 0 aliphatic rings. The molecule has 3 unspecified atom stereocenters. The molecule has 1 aromatic rings. The number of esters is 3. The summed E-state index contributed by atoms with van der Waals surface area (Å²) in [4.78, 5) is 50.4. The van der Waals surface area contributed by atoms with Crippen molar-refractivity contribution in [2.75, 3.05) is 0 Å². The molecule has 0 saturated carbocycles. The van der Waals surface area contributed by atoms with Crippen molar-refractivity contribution < 1.29 is 38.5 Å². The summed E-state index contributed by atoms with van der Waals surface area (Å²) in [6, 6.07) is 4.17. The molecule has 0 aliphatic heterocycles. The van der Waals surface area contributed by atoms with E-state index in [0.29, 0.717) is 24.8 Å². The number of carboxylic acids is 1. The topological polar surface area (TPSA) is 128 Å². The highest BCUT2D eigenvalue weighted by molar-refractivity contribution is 5.84. The minimum Gasteiger partial charge on any atom is -0.477 e. The molecule has 1 rings (SSSR count). The molecule has 9 nitrogen and oxygen atoms in total. The third-order valence-corrected chi connectivity index (χ3v) is 6.23. The average Bonchev–Trinajstić information content (AvgIpc) is 2.83. The molecule has 9 heteroatoms. The van der Waals surface area contributed by atoms with Crippen molar-refractivity contribution in [3.8, 4) is 11.5 Å². The molecule has 4 atom stereocenters. The lowest BCUT2D eigenvalue weighted by molar-refractivity contribution is -0.190. The summed E-state index contributed by atoms with van der Waals surface area (Å²) in [5.41, 5.74) is -2.62. The Morgan fingerprint density at radius 1 is 0.865 bits per heavy atom. The Balaban J connectivity index is 3.55. The molecule has 0 spiro atoms. The zero-order valence-corrected chi connectivity index (χ0v) is 23.6. The maximum absolute atomic E-state index is 12.8.